The Balaban J connectivity index is 0.998. The molecule has 0 unspecified atom stereocenters. The molecule has 4 aromatic carbocycles. The third kappa shape index (κ3) is 12.9. The second-order valence-electron chi connectivity index (χ2n) is 20.6. The first-order valence-electron chi connectivity index (χ1n) is 26.5. The Labute approximate surface area is 482 Å². The van der Waals surface area contributed by atoms with Crippen LogP contribution in [0.1, 0.15) is 95.2 Å². The van der Waals surface area contributed by atoms with Crippen molar-refractivity contribution in [3.05, 3.63) is 136 Å². The Kier molecular flexibility index (Phi) is 18.5. The SMILES string of the molecule is C=CCOC(=O)N[C@H](C(=O)N[C@@H](C)C(=O)Nc1ccc(COC(=O)N2c3cc(OCc4cc(COc5cc6c(cc5OC)C(=O)N5C=C(C)C[C@H]5[C@H](O)N6C(=O)O)cc(C(=O)OC)c4)c(OC)cc3C(=O)N3C=C(C)C[C@H]3[C@@H]2O)cc1)C(C)C. The zero-order valence-corrected chi connectivity index (χ0v) is 47.3. The lowest BCUT2D eigenvalue weighted by Crippen LogP contribution is -2.53. The van der Waals surface area contributed by atoms with E-state index in [-0.39, 0.29) is 96.3 Å². The van der Waals surface area contributed by atoms with Crippen LogP contribution in [0.3, 0.4) is 0 Å². The molecular formula is C59H65N7O18. The maximum atomic E-state index is 14.4. The molecule has 4 aromatic rings. The highest BCUT2D eigenvalue weighted by Crippen LogP contribution is 2.44. The first kappa shape index (κ1) is 60.5. The van der Waals surface area contributed by atoms with Gasteiger partial charge in [0.25, 0.3) is 11.8 Å². The number of benzene rings is 4. The van der Waals surface area contributed by atoms with Crippen LogP contribution in [0, 0.1) is 5.92 Å². The first-order valence-corrected chi connectivity index (χ1v) is 26.5. The van der Waals surface area contributed by atoms with Crippen LogP contribution in [-0.2, 0) is 43.6 Å². The smallest absolute Gasteiger partial charge is 0.416 e. The lowest BCUT2D eigenvalue weighted by molar-refractivity contribution is -0.128. The average Bonchev–Trinajstić information content (AvgIpc) is 2.03. The van der Waals surface area contributed by atoms with Gasteiger partial charge in [-0.1, -0.05) is 49.8 Å². The molecule has 6 atom stereocenters. The van der Waals surface area contributed by atoms with Crippen molar-refractivity contribution >= 4 is 64.9 Å². The summed E-state index contributed by atoms with van der Waals surface area (Å²) in [7, 11) is 3.89. The van der Waals surface area contributed by atoms with Crippen LogP contribution in [-0.4, -0.2) is 138 Å². The fourth-order valence-electron chi connectivity index (χ4n) is 10.1. The highest BCUT2D eigenvalue weighted by Gasteiger charge is 2.47. The number of anilines is 3. The van der Waals surface area contributed by atoms with Crippen molar-refractivity contribution in [2.75, 3.05) is 43.1 Å². The van der Waals surface area contributed by atoms with E-state index < -0.39 is 84.5 Å². The lowest BCUT2D eigenvalue weighted by atomic mass is 10.0. The van der Waals surface area contributed by atoms with E-state index in [1.54, 1.807) is 70.4 Å². The quantitative estimate of drug-likeness (QED) is 0.0329. The van der Waals surface area contributed by atoms with Gasteiger partial charge in [-0.3, -0.25) is 19.2 Å². The van der Waals surface area contributed by atoms with Crippen LogP contribution < -0.4 is 44.7 Å². The normalized spacial score (nSPS) is 18.5. The van der Waals surface area contributed by atoms with E-state index in [9.17, 15) is 53.7 Å². The van der Waals surface area contributed by atoms with E-state index in [0.29, 0.717) is 27.3 Å². The van der Waals surface area contributed by atoms with E-state index in [1.807, 2.05) is 0 Å². The van der Waals surface area contributed by atoms with Crippen molar-refractivity contribution in [3.63, 3.8) is 0 Å². The molecule has 25 heteroatoms. The molecule has 0 saturated heterocycles. The molecule has 0 spiro atoms. The average molecular weight is 1160 g/mol. The highest BCUT2D eigenvalue weighted by molar-refractivity contribution is 6.07. The van der Waals surface area contributed by atoms with Gasteiger partial charge in [-0.15, -0.1) is 0 Å². The molecule has 444 valence electrons. The van der Waals surface area contributed by atoms with Crippen molar-refractivity contribution < 1.29 is 86.8 Å². The molecule has 0 aromatic heterocycles. The van der Waals surface area contributed by atoms with Crippen molar-refractivity contribution in [2.24, 2.45) is 5.92 Å². The summed E-state index contributed by atoms with van der Waals surface area (Å²) in [5.74, 6) is -3.16. The molecule has 84 heavy (non-hydrogen) atoms. The topological polar surface area (TPSA) is 311 Å². The van der Waals surface area contributed by atoms with Crippen LogP contribution in [0.25, 0.3) is 0 Å². The molecular weight excluding hydrogens is 1090 g/mol. The number of methoxy groups -OCH3 is 3. The Morgan fingerprint density at radius 2 is 1.19 bits per heavy atom. The van der Waals surface area contributed by atoms with Crippen LogP contribution >= 0.6 is 0 Å². The maximum absolute atomic E-state index is 14.4. The van der Waals surface area contributed by atoms with Gasteiger partial charge in [0.2, 0.25) is 11.8 Å². The third-order valence-electron chi connectivity index (χ3n) is 14.3. The van der Waals surface area contributed by atoms with Crippen molar-refractivity contribution in [1.29, 1.82) is 0 Å². The summed E-state index contributed by atoms with van der Waals surface area (Å²) >= 11 is 0. The number of alkyl carbamates (subject to hydrolysis) is 1. The number of ether oxygens (including phenoxy) is 7. The molecule has 4 aliphatic rings. The number of carbonyl (C=O) groups is 8. The fraction of sp³-hybridized carbons (Fsp3) is 0.356. The number of carboxylic acid groups (broad SMARTS) is 1. The number of aliphatic hydroxyl groups is 2. The molecule has 8 rings (SSSR count). The molecule has 4 heterocycles. The Hall–Kier alpha value is -9.62. The van der Waals surface area contributed by atoms with Gasteiger partial charge < -0.3 is 74.2 Å². The predicted molar refractivity (Wildman–Crippen MR) is 300 cm³/mol. The molecule has 0 bridgehead atoms. The Morgan fingerprint density at radius 3 is 1.68 bits per heavy atom. The molecule has 4 aliphatic heterocycles. The van der Waals surface area contributed by atoms with Crippen LogP contribution in [0.5, 0.6) is 23.0 Å². The van der Waals surface area contributed by atoms with Crippen molar-refractivity contribution in [2.45, 2.75) is 104 Å². The maximum Gasteiger partial charge on any atom is 0.416 e. The standard InChI is InChI=1S/C59H65N7O18/c1-10-15-81-57(74)62-49(30(2)3)51(68)60-33(6)50(67)61-38-13-11-34(12-14-38)27-84-59(77)66-42-24-48(46(79-8)22-40(42)53(70)64-26-32(5)17-44(64)55(66)72)83-29-36-18-35(19-37(20-36)56(73)80-9)28-82-47-23-41-39(21-45(47)78-7)52(69)63-25-31(4)16-43(63)54(71)65(41)58(75)76/h10-14,18-26,30,33,43-44,49,54-55,71-72H,1,15-17,27-29H2,2-9H3,(H,60,68)(H,61,67)(H,62,74)(H,75,76)/t33-,43-,44-,49-,54-,55-/m0/s1. The summed E-state index contributed by atoms with van der Waals surface area (Å²) in [6.45, 7) is 11.1. The zero-order valence-electron chi connectivity index (χ0n) is 47.3. The minimum Gasteiger partial charge on any atom is -0.493 e. The number of hydrogen-bond donors (Lipinski definition) is 6. The number of fused-ring (bicyclic) bond motifs is 4. The lowest BCUT2D eigenvalue weighted by Gasteiger charge is -2.31. The number of nitrogens with one attached hydrogen (secondary N) is 3. The largest absolute Gasteiger partial charge is 0.493 e. The van der Waals surface area contributed by atoms with E-state index >= 15 is 0 Å². The molecule has 7 amide bonds. The van der Waals surface area contributed by atoms with Gasteiger partial charge in [0, 0.05) is 30.2 Å². The fourth-order valence-corrected chi connectivity index (χ4v) is 10.1. The second-order valence-corrected chi connectivity index (χ2v) is 20.6. The number of rotatable bonds is 19. The number of aliphatic hydroxyl groups excluding tert-OH is 2. The highest BCUT2D eigenvalue weighted by atomic mass is 16.6. The first-order chi connectivity index (χ1) is 40.0. The van der Waals surface area contributed by atoms with E-state index in [0.717, 1.165) is 16.0 Å². The molecule has 0 fully saturated rings. The number of carbonyl (C=O) groups excluding carboxylic acids is 7. The van der Waals surface area contributed by atoms with Crippen LogP contribution in [0.2, 0.25) is 0 Å². The zero-order chi connectivity index (χ0) is 60.8. The molecule has 25 nitrogen and oxygen atoms in total. The van der Waals surface area contributed by atoms with E-state index in [4.69, 9.17) is 33.2 Å². The molecule has 0 aliphatic carbocycles. The molecule has 0 saturated carbocycles. The Morgan fingerprint density at radius 1 is 0.667 bits per heavy atom. The van der Waals surface area contributed by atoms with Gasteiger partial charge in [-0.25, -0.2) is 29.0 Å². The van der Waals surface area contributed by atoms with Crippen LogP contribution in [0.15, 0.2) is 103 Å². The summed E-state index contributed by atoms with van der Waals surface area (Å²) in [6, 6.07) is 12.5. The Bertz CT molecular complexity index is 3340. The minimum atomic E-state index is -1.63. The minimum absolute atomic E-state index is 0.00481. The van der Waals surface area contributed by atoms with Crippen molar-refractivity contribution in [1.82, 2.24) is 20.4 Å². The summed E-state index contributed by atoms with van der Waals surface area (Å²) in [6.07, 6.45) is -1.59. The van der Waals surface area contributed by atoms with Gasteiger partial charge >= 0.3 is 24.2 Å². The second kappa shape index (κ2) is 25.7. The number of esters is 1. The third-order valence-corrected chi connectivity index (χ3v) is 14.3. The predicted octanol–water partition coefficient (Wildman–Crippen LogP) is 6.56. The number of hydrogen-bond acceptors (Lipinski definition) is 17. The van der Waals surface area contributed by atoms with Gasteiger partial charge in [0.1, 0.15) is 38.5 Å². The number of nitrogens with zero attached hydrogens (tertiary/aromatic N) is 4. The van der Waals surface area contributed by atoms with Crippen molar-refractivity contribution in [3.8, 4) is 23.0 Å². The van der Waals surface area contributed by atoms with Gasteiger partial charge in [0.05, 0.1) is 61.5 Å². The summed E-state index contributed by atoms with van der Waals surface area (Å²) in [5, 5.41) is 41.5. The van der Waals surface area contributed by atoms with Gasteiger partial charge in [-0.2, -0.15) is 0 Å². The van der Waals surface area contributed by atoms with Crippen LogP contribution in [0.4, 0.5) is 31.4 Å². The van der Waals surface area contributed by atoms with E-state index in [1.165, 1.54) is 80.5 Å². The molecule has 0 radical (unpaired) electrons. The van der Waals surface area contributed by atoms with E-state index in [2.05, 4.69) is 22.5 Å². The van der Waals surface area contributed by atoms with Gasteiger partial charge in [0.15, 0.2) is 35.5 Å². The number of amides is 7. The molecule has 6 N–H and O–H groups in total. The monoisotopic (exact) mass is 1160 g/mol. The van der Waals surface area contributed by atoms with Gasteiger partial charge in [-0.05, 0) is 98.7 Å². The summed E-state index contributed by atoms with van der Waals surface area (Å²) in [5.41, 5.74) is 2.94. The summed E-state index contributed by atoms with van der Waals surface area (Å²) < 4.78 is 39.6. The summed E-state index contributed by atoms with van der Waals surface area (Å²) in [4.78, 5) is 111.